The van der Waals surface area contributed by atoms with Gasteiger partial charge in [0, 0.05) is 34.6 Å². The summed E-state index contributed by atoms with van der Waals surface area (Å²) in [5.41, 5.74) is 8.96. The van der Waals surface area contributed by atoms with Crippen molar-refractivity contribution in [2.75, 3.05) is 0 Å². The molecule has 28 heavy (non-hydrogen) atoms. The van der Waals surface area contributed by atoms with E-state index >= 15 is 0 Å². The Morgan fingerprint density at radius 3 is 2.57 bits per heavy atom. The Hall–Kier alpha value is -2.99. The molecule has 3 aliphatic rings. The van der Waals surface area contributed by atoms with Crippen LogP contribution in [0.1, 0.15) is 41.0 Å². The number of allylic oxidation sites excluding steroid dienone is 8. The highest BCUT2D eigenvalue weighted by molar-refractivity contribution is 5.62. The lowest BCUT2D eigenvalue weighted by atomic mass is 9.68. The summed E-state index contributed by atoms with van der Waals surface area (Å²) >= 11 is 0. The van der Waals surface area contributed by atoms with Crippen LogP contribution in [0, 0.1) is 22.7 Å². The summed E-state index contributed by atoms with van der Waals surface area (Å²) in [6.07, 6.45) is 9.27. The average molecular weight is 372 g/mol. The smallest absolute Gasteiger partial charge is 0.0992 e. The quantitative estimate of drug-likeness (QED) is 0.606. The second-order valence-electron chi connectivity index (χ2n) is 8.78. The van der Waals surface area contributed by atoms with E-state index in [-0.39, 0.29) is 11.3 Å². The molecule has 1 atom stereocenters. The largest absolute Gasteiger partial charge is 0.355 e. The van der Waals surface area contributed by atoms with Crippen LogP contribution in [-0.4, -0.2) is 4.90 Å². The summed E-state index contributed by atoms with van der Waals surface area (Å²) in [5, 5.41) is 12.8. The van der Waals surface area contributed by atoms with E-state index in [1.807, 2.05) is 0 Å². The van der Waals surface area contributed by atoms with E-state index in [2.05, 4.69) is 95.1 Å². The van der Waals surface area contributed by atoms with Crippen LogP contribution in [0.4, 0.5) is 0 Å². The zero-order valence-electron chi connectivity index (χ0n) is 17.6. The van der Waals surface area contributed by atoms with Gasteiger partial charge in [-0.1, -0.05) is 46.6 Å². The molecule has 3 heteroatoms. The van der Waals surface area contributed by atoms with Crippen molar-refractivity contribution in [1.82, 2.24) is 10.2 Å². The van der Waals surface area contributed by atoms with Gasteiger partial charge in [-0.25, -0.2) is 0 Å². The van der Waals surface area contributed by atoms with Crippen LogP contribution < -0.4 is 5.32 Å². The topological polar surface area (TPSA) is 39.1 Å². The van der Waals surface area contributed by atoms with E-state index in [1.165, 1.54) is 22.4 Å². The average Bonchev–Trinajstić information content (AvgIpc) is 2.63. The summed E-state index contributed by atoms with van der Waals surface area (Å²) in [6, 6.07) is 2.16. The molecule has 2 heterocycles. The van der Waals surface area contributed by atoms with Gasteiger partial charge < -0.3 is 10.2 Å². The van der Waals surface area contributed by atoms with Crippen molar-refractivity contribution in [2.24, 2.45) is 11.3 Å². The predicted molar refractivity (Wildman–Crippen MR) is 116 cm³/mol. The maximum absolute atomic E-state index is 9.33. The predicted octanol–water partition coefficient (Wildman–Crippen LogP) is 5.99. The summed E-state index contributed by atoms with van der Waals surface area (Å²) in [6.45, 7) is 23.4. The van der Waals surface area contributed by atoms with Crippen molar-refractivity contribution in [2.45, 2.75) is 41.0 Å². The van der Waals surface area contributed by atoms with Crippen molar-refractivity contribution in [3.8, 4) is 6.07 Å². The first kappa shape index (κ1) is 19.8. The fourth-order valence-electron chi connectivity index (χ4n) is 4.07. The molecule has 144 valence electrons. The minimum Gasteiger partial charge on any atom is -0.355 e. The normalized spacial score (nSPS) is 22.4. The molecular weight excluding hydrogens is 342 g/mol. The van der Waals surface area contributed by atoms with Crippen LogP contribution in [0.5, 0.6) is 0 Å². The van der Waals surface area contributed by atoms with E-state index in [9.17, 15) is 5.26 Å². The van der Waals surface area contributed by atoms with Gasteiger partial charge in [0.25, 0.3) is 0 Å². The molecule has 0 radical (unpaired) electrons. The third-order valence-corrected chi connectivity index (χ3v) is 5.89. The molecule has 0 aromatic rings. The van der Waals surface area contributed by atoms with E-state index in [0.717, 1.165) is 29.1 Å². The summed E-state index contributed by atoms with van der Waals surface area (Å²) in [4.78, 5) is 2.21. The number of nitriles is 1. The Labute approximate surface area is 169 Å². The molecule has 0 aromatic heterocycles. The Morgan fingerprint density at radius 2 is 1.96 bits per heavy atom. The highest BCUT2D eigenvalue weighted by Gasteiger charge is 2.38. The standard InChI is InChI=1S/C25H29N3/c1-15-10-9-11-28(19(15)5)23-13-22(25(6,7)8)21-12-20(16(2)14-26)18(4)27-24(21)17(23)3/h9-12,22,27H,2,4-5,13H2,1,3,6-8H3. The van der Waals surface area contributed by atoms with Gasteiger partial charge in [-0.3, -0.25) is 0 Å². The number of hydrogen-bond donors (Lipinski definition) is 1. The van der Waals surface area contributed by atoms with Crippen molar-refractivity contribution < 1.29 is 0 Å². The van der Waals surface area contributed by atoms with E-state index in [0.29, 0.717) is 5.57 Å². The molecule has 0 bridgehead atoms. The van der Waals surface area contributed by atoms with Crippen molar-refractivity contribution in [3.63, 3.8) is 0 Å². The number of nitrogens with zero attached hydrogens (tertiary/aromatic N) is 2. The molecule has 1 unspecified atom stereocenters. The van der Waals surface area contributed by atoms with Gasteiger partial charge in [-0.2, -0.15) is 5.26 Å². The Morgan fingerprint density at radius 1 is 1.29 bits per heavy atom. The molecule has 0 amide bonds. The summed E-state index contributed by atoms with van der Waals surface area (Å²) < 4.78 is 0. The fraction of sp³-hybridized carbons (Fsp3) is 0.320. The Balaban J connectivity index is 2.19. The van der Waals surface area contributed by atoms with Crippen LogP contribution in [0.3, 0.4) is 0 Å². The zero-order chi connectivity index (χ0) is 20.8. The van der Waals surface area contributed by atoms with Crippen LogP contribution in [0.15, 0.2) is 94.8 Å². The van der Waals surface area contributed by atoms with Gasteiger partial charge in [0.05, 0.1) is 11.6 Å². The van der Waals surface area contributed by atoms with Gasteiger partial charge in [0.15, 0.2) is 0 Å². The van der Waals surface area contributed by atoms with Gasteiger partial charge in [-0.15, -0.1) is 0 Å². The molecule has 3 rings (SSSR count). The first-order valence-corrected chi connectivity index (χ1v) is 9.61. The van der Waals surface area contributed by atoms with Crippen molar-refractivity contribution in [1.29, 1.82) is 5.26 Å². The Bertz CT molecular complexity index is 978. The van der Waals surface area contributed by atoms with Gasteiger partial charge in [0.1, 0.15) is 0 Å². The lowest BCUT2D eigenvalue weighted by Crippen LogP contribution is -2.36. The summed E-state index contributed by atoms with van der Waals surface area (Å²) in [5.74, 6) is 0.288. The minimum atomic E-state index is 0.0498. The lowest BCUT2D eigenvalue weighted by Gasteiger charge is -2.43. The molecule has 0 spiro atoms. The van der Waals surface area contributed by atoms with Crippen LogP contribution in [0.25, 0.3) is 0 Å². The van der Waals surface area contributed by atoms with Gasteiger partial charge in [-0.05, 0) is 60.5 Å². The van der Waals surface area contributed by atoms with Gasteiger partial charge in [0.2, 0.25) is 0 Å². The molecule has 0 aromatic carbocycles. The number of dihydropyridines is 1. The highest BCUT2D eigenvalue weighted by Crippen LogP contribution is 2.48. The van der Waals surface area contributed by atoms with E-state index < -0.39 is 0 Å². The summed E-state index contributed by atoms with van der Waals surface area (Å²) in [7, 11) is 0. The SMILES string of the molecule is C=C(C#N)C1=CC2=C(NC1=C)C(C)=C(N1C=CC=C(C)C1=C)CC2C(C)(C)C. The first-order valence-electron chi connectivity index (χ1n) is 9.61. The molecular formula is C25H29N3. The number of rotatable bonds is 2. The van der Waals surface area contributed by atoms with Crippen LogP contribution >= 0.6 is 0 Å². The molecule has 3 nitrogen and oxygen atoms in total. The Kier molecular flexibility index (Phi) is 4.85. The van der Waals surface area contributed by atoms with Crippen molar-refractivity contribution >= 4 is 0 Å². The van der Waals surface area contributed by atoms with Gasteiger partial charge >= 0.3 is 0 Å². The minimum absolute atomic E-state index is 0.0498. The molecule has 0 saturated heterocycles. The van der Waals surface area contributed by atoms with E-state index in [4.69, 9.17) is 0 Å². The third-order valence-electron chi connectivity index (χ3n) is 5.89. The molecule has 1 aliphatic carbocycles. The number of nitrogens with one attached hydrogen (secondary N) is 1. The number of hydrogen-bond acceptors (Lipinski definition) is 3. The second kappa shape index (κ2) is 6.87. The monoisotopic (exact) mass is 371 g/mol. The first-order chi connectivity index (χ1) is 13.1. The van der Waals surface area contributed by atoms with Crippen LogP contribution in [-0.2, 0) is 0 Å². The maximum Gasteiger partial charge on any atom is 0.0992 e. The second-order valence-corrected chi connectivity index (χ2v) is 8.78. The van der Waals surface area contributed by atoms with Crippen LogP contribution in [0.2, 0.25) is 0 Å². The molecule has 2 aliphatic heterocycles. The van der Waals surface area contributed by atoms with Crippen molar-refractivity contribution in [3.05, 3.63) is 94.8 Å². The molecule has 0 fully saturated rings. The lowest BCUT2D eigenvalue weighted by molar-refractivity contribution is 0.262. The highest BCUT2D eigenvalue weighted by atomic mass is 15.1. The molecule has 0 saturated carbocycles. The molecule has 1 N–H and O–H groups in total. The maximum atomic E-state index is 9.33. The zero-order valence-corrected chi connectivity index (χ0v) is 17.6. The fourth-order valence-corrected chi connectivity index (χ4v) is 4.07. The van der Waals surface area contributed by atoms with E-state index in [1.54, 1.807) is 0 Å². The third kappa shape index (κ3) is 3.20.